The number of carbonyl (C=O) groups excluding carboxylic acids is 1. The van der Waals surface area contributed by atoms with E-state index >= 15 is 0 Å². The minimum absolute atomic E-state index is 0.212. The topological polar surface area (TPSA) is 57.5 Å². The van der Waals surface area contributed by atoms with E-state index in [0.29, 0.717) is 12.5 Å². The number of hydrogen-bond acceptors (Lipinski definition) is 5. The van der Waals surface area contributed by atoms with E-state index in [2.05, 4.69) is 26.7 Å². The van der Waals surface area contributed by atoms with Gasteiger partial charge in [0.2, 0.25) is 5.91 Å². The van der Waals surface area contributed by atoms with Gasteiger partial charge in [-0.3, -0.25) is 9.69 Å². The number of aromatic nitrogens is 3. The molecule has 2 saturated heterocycles. The molecule has 0 spiro atoms. The van der Waals surface area contributed by atoms with E-state index in [1.165, 1.54) is 25.9 Å². The van der Waals surface area contributed by atoms with Gasteiger partial charge in [0.05, 0.1) is 13.1 Å². The molecule has 134 valence electrons. The normalized spacial score (nSPS) is 22.5. The average Bonchev–Trinajstić information content (AvgIpc) is 3.18. The van der Waals surface area contributed by atoms with Crippen molar-refractivity contribution < 1.29 is 4.79 Å². The quantitative estimate of drug-likeness (QED) is 0.792. The van der Waals surface area contributed by atoms with Gasteiger partial charge in [0.25, 0.3) is 0 Å². The Morgan fingerprint density at radius 1 is 1.17 bits per heavy atom. The molecule has 0 radical (unpaired) electrons. The van der Waals surface area contributed by atoms with E-state index in [4.69, 9.17) is 0 Å². The molecule has 0 N–H and O–H groups in total. The first-order valence-corrected chi connectivity index (χ1v) is 9.07. The van der Waals surface area contributed by atoms with Crippen molar-refractivity contribution in [2.45, 2.75) is 38.1 Å². The second-order valence-corrected chi connectivity index (χ2v) is 7.43. The molecule has 24 heavy (non-hydrogen) atoms. The molecule has 0 unspecified atom stereocenters. The zero-order valence-corrected chi connectivity index (χ0v) is 15.2. The van der Waals surface area contributed by atoms with Crippen molar-refractivity contribution in [2.75, 3.05) is 46.8 Å². The standard InChI is InChI=1S/C17H30N6O/c1-20(2)13-16(24)23-10-6-7-14(11-23)17-19-18-15(21(17)3)12-22-8-4-5-9-22/h14H,4-13H2,1-3H3/t14-/m1/s1. The van der Waals surface area contributed by atoms with E-state index in [1.54, 1.807) is 0 Å². The lowest BCUT2D eigenvalue weighted by molar-refractivity contribution is -0.133. The maximum Gasteiger partial charge on any atom is 0.236 e. The second kappa shape index (κ2) is 7.61. The number of nitrogens with zero attached hydrogens (tertiary/aromatic N) is 6. The largest absolute Gasteiger partial charge is 0.341 e. The van der Waals surface area contributed by atoms with Crippen molar-refractivity contribution in [3.05, 3.63) is 11.6 Å². The number of amides is 1. The maximum absolute atomic E-state index is 12.3. The summed E-state index contributed by atoms with van der Waals surface area (Å²) >= 11 is 0. The third-order valence-electron chi connectivity index (χ3n) is 5.15. The van der Waals surface area contributed by atoms with Gasteiger partial charge in [0.1, 0.15) is 11.6 Å². The molecule has 0 saturated carbocycles. The predicted molar refractivity (Wildman–Crippen MR) is 92.6 cm³/mol. The summed E-state index contributed by atoms with van der Waals surface area (Å²) in [4.78, 5) is 18.7. The highest BCUT2D eigenvalue weighted by atomic mass is 16.2. The smallest absolute Gasteiger partial charge is 0.236 e. The molecule has 3 rings (SSSR count). The van der Waals surface area contributed by atoms with Crippen LogP contribution >= 0.6 is 0 Å². The van der Waals surface area contributed by atoms with Crippen LogP contribution in [0.5, 0.6) is 0 Å². The van der Waals surface area contributed by atoms with Crippen LogP contribution in [0.2, 0.25) is 0 Å². The lowest BCUT2D eigenvalue weighted by Gasteiger charge is -2.33. The van der Waals surface area contributed by atoms with Crippen molar-refractivity contribution in [1.82, 2.24) is 29.5 Å². The zero-order valence-electron chi connectivity index (χ0n) is 15.2. The summed E-state index contributed by atoms with van der Waals surface area (Å²) in [5.41, 5.74) is 0. The highest BCUT2D eigenvalue weighted by Gasteiger charge is 2.28. The maximum atomic E-state index is 12.3. The van der Waals surface area contributed by atoms with Crippen LogP contribution in [0.3, 0.4) is 0 Å². The summed E-state index contributed by atoms with van der Waals surface area (Å²) in [5.74, 6) is 2.59. The van der Waals surface area contributed by atoms with E-state index in [9.17, 15) is 4.79 Å². The summed E-state index contributed by atoms with van der Waals surface area (Å²) in [6.07, 6.45) is 4.70. The van der Waals surface area contributed by atoms with Crippen molar-refractivity contribution >= 4 is 5.91 Å². The molecule has 0 bridgehead atoms. The Balaban J connectivity index is 1.65. The van der Waals surface area contributed by atoms with Gasteiger partial charge in [-0.25, -0.2) is 0 Å². The van der Waals surface area contributed by atoms with Crippen molar-refractivity contribution in [3.8, 4) is 0 Å². The van der Waals surface area contributed by atoms with Crippen LogP contribution < -0.4 is 0 Å². The van der Waals surface area contributed by atoms with Crippen molar-refractivity contribution in [3.63, 3.8) is 0 Å². The SMILES string of the molecule is CN(C)CC(=O)N1CCC[C@@H](c2nnc(CN3CCCC3)n2C)C1. The van der Waals surface area contributed by atoms with Gasteiger partial charge in [-0.15, -0.1) is 10.2 Å². The molecule has 2 fully saturated rings. The minimum atomic E-state index is 0.212. The highest BCUT2D eigenvalue weighted by Crippen LogP contribution is 2.26. The van der Waals surface area contributed by atoms with E-state index in [0.717, 1.165) is 44.1 Å². The first kappa shape index (κ1) is 17.4. The molecule has 1 aromatic heterocycles. The summed E-state index contributed by atoms with van der Waals surface area (Å²) in [6, 6.07) is 0. The highest BCUT2D eigenvalue weighted by molar-refractivity contribution is 5.78. The number of likely N-dealkylation sites (tertiary alicyclic amines) is 2. The van der Waals surface area contributed by atoms with Gasteiger partial charge in [-0.2, -0.15) is 0 Å². The van der Waals surface area contributed by atoms with Crippen LogP contribution in [-0.4, -0.2) is 82.2 Å². The lowest BCUT2D eigenvalue weighted by atomic mass is 9.97. The minimum Gasteiger partial charge on any atom is -0.341 e. The van der Waals surface area contributed by atoms with Gasteiger partial charge in [-0.1, -0.05) is 0 Å². The molecule has 1 amide bonds. The number of piperidine rings is 1. The van der Waals surface area contributed by atoms with Crippen molar-refractivity contribution in [2.24, 2.45) is 7.05 Å². The fourth-order valence-electron chi connectivity index (χ4n) is 3.79. The summed E-state index contributed by atoms with van der Waals surface area (Å²) in [6.45, 7) is 5.33. The number of carbonyl (C=O) groups is 1. The van der Waals surface area contributed by atoms with E-state index < -0.39 is 0 Å². The molecule has 7 heteroatoms. The lowest BCUT2D eigenvalue weighted by Crippen LogP contribution is -2.43. The number of hydrogen-bond donors (Lipinski definition) is 0. The Morgan fingerprint density at radius 3 is 2.62 bits per heavy atom. The fourth-order valence-corrected chi connectivity index (χ4v) is 3.79. The molecule has 2 aliphatic rings. The predicted octanol–water partition coefficient (Wildman–Crippen LogP) is 0.679. The first-order valence-electron chi connectivity index (χ1n) is 9.07. The van der Waals surface area contributed by atoms with Gasteiger partial charge in [0.15, 0.2) is 0 Å². The third-order valence-corrected chi connectivity index (χ3v) is 5.15. The molecule has 1 atom stereocenters. The first-order chi connectivity index (χ1) is 11.5. The van der Waals surface area contributed by atoms with Crippen LogP contribution in [0.15, 0.2) is 0 Å². The Labute approximate surface area is 144 Å². The Hall–Kier alpha value is -1.47. The van der Waals surface area contributed by atoms with Crippen LogP contribution in [0.4, 0.5) is 0 Å². The fraction of sp³-hybridized carbons (Fsp3) is 0.824. The van der Waals surface area contributed by atoms with Gasteiger partial charge < -0.3 is 14.4 Å². The van der Waals surface area contributed by atoms with E-state index in [1.807, 2.05) is 23.9 Å². The van der Waals surface area contributed by atoms with Crippen LogP contribution in [-0.2, 0) is 18.4 Å². The number of likely N-dealkylation sites (N-methyl/N-ethyl adjacent to an activating group) is 1. The zero-order chi connectivity index (χ0) is 17.1. The molecule has 0 aliphatic carbocycles. The molecular formula is C17H30N6O. The average molecular weight is 334 g/mol. The molecule has 0 aromatic carbocycles. The summed E-state index contributed by atoms with van der Waals surface area (Å²) < 4.78 is 2.16. The van der Waals surface area contributed by atoms with Crippen LogP contribution in [0.1, 0.15) is 43.3 Å². The Kier molecular flexibility index (Phi) is 5.50. The molecule has 3 heterocycles. The Bertz CT molecular complexity index is 563. The molecule has 7 nitrogen and oxygen atoms in total. The van der Waals surface area contributed by atoms with Crippen molar-refractivity contribution in [1.29, 1.82) is 0 Å². The van der Waals surface area contributed by atoms with Gasteiger partial charge >= 0.3 is 0 Å². The van der Waals surface area contributed by atoms with Gasteiger partial charge in [-0.05, 0) is 52.9 Å². The monoisotopic (exact) mass is 334 g/mol. The third kappa shape index (κ3) is 3.95. The van der Waals surface area contributed by atoms with Gasteiger partial charge in [0, 0.05) is 26.1 Å². The summed E-state index contributed by atoms with van der Waals surface area (Å²) in [7, 11) is 5.95. The Morgan fingerprint density at radius 2 is 1.92 bits per heavy atom. The van der Waals surface area contributed by atoms with Crippen LogP contribution in [0.25, 0.3) is 0 Å². The van der Waals surface area contributed by atoms with E-state index in [-0.39, 0.29) is 5.91 Å². The van der Waals surface area contributed by atoms with Crippen LogP contribution in [0, 0.1) is 0 Å². The molecule has 2 aliphatic heterocycles. The summed E-state index contributed by atoms with van der Waals surface area (Å²) in [5, 5.41) is 8.91. The second-order valence-electron chi connectivity index (χ2n) is 7.43. The number of rotatable bonds is 5. The molecular weight excluding hydrogens is 304 g/mol. The molecule has 1 aromatic rings.